The number of anilines is 2. The largest absolute Gasteiger partial charge is 0.432 e. The van der Waals surface area contributed by atoms with Gasteiger partial charge < -0.3 is 9.73 Å². The van der Waals surface area contributed by atoms with Crippen LogP contribution in [0.5, 0.6) is 0 Å². The number of nitrogens with one attached hydrogen (secondary N) is 1. The Kier molecular flexibility index (Phi) is 3.15. The van der Waals surface area contributed by atoms with Crippen molar-refractivity contribution >= 4 is 23.3 Å². The Morgan fingerprint density at radius 1 is 1.31 bits per heavy atom. The van der Waals surface area contributed by atoms with E-state index in [4.69, 9.17) is 16.0 Å². The maximum Gasteiger partial charge on any atom is 0.299 e. The second-order valence-corrected chi connectivity index (χ2v) is 3.97. The Hall–Kier alpha value is -1.48. The Bertz CT molecular complexity index is 494. The molecule has 0 spiro atoms. The monoisotopic (exact) mass is 236 g/mol. The van der Waals surface area contributed by atoms with E-state index in [9.17, 15) is 0 Å². The van der Waals surface area contributed by atoms with E-state index in [2.05, 4.69) is 36.3 Å². The fraction of sp³-hybridized carbons (Fsp3) is 0.250. The van der Waals surface area contributed by atoms with Gasteiger partial charge in [0.05, 0.1) is 11.6 Å². The van der Waals surface area contributed by atoms with E-state index in [1.54, 1.807) is 6.26 Å². The molecule has 16 heavy (non-hydrogen) atoms. The van der Waals surface area contributed by atoms with Crippen molar-refractivity contribution in [2.75, 3.05) is 5.32 Å². The molecule has 0 aliphatic rings. The highest BCUT2D eigenvalue weighted by Gasteiger charge is 2.03. The van der Waals surface area contributed by atoms with E-state index < -0.39 is 0 Å². The number of alkyl halides is 1. The molecule has 1 heterocycles. The third-order valence-electron chi connectivity index (χ3n) is 2.45. The molecule has 0 atom stereocenters. The van der Waals surface area contributed by atoms with Gasteiger partial charge in [-0.3, -0.25) is 0 Å². The van der Waals surface area contributed by atoms with E-state index >= 15 is 0 Å². The number of benzene rings is 1. The maximum absolute atomic E-state index is 5.64. The van der Waals surface area contributed by atoms with Crippen molar-refractivity contribution in [3.05, 3.63) is 41.3 Å². The van der Waals surface area contributed by atoms with Crippen LogP contribution in [0.1, 0.15) is 16.8 Å². The van der Waals surface area contributed by atoms with Crippen molar-refractivity contribution in [3.63, 3.8) is 0 Å². The fourth-order valence-electron chi connectivity index (χ4n) is 1.37. The van der Waals surface area contributed by atoms with Gasteiger partial charge in [-0.2, -0.15) is 4.98 Å². The van der Waals surface area contributed by atoms with Gasteiger partial charge in [0.2, 0.25) is 0 Å². The molecule has 0 aliphatic heterocycles. The Labute approximate surface area is 99.5 Å². The summed E-state index contributed by atoms with van der Waals surface area (Å²) in [6, 6.07) is 6.58. The van der Waals surface area contributed by atoms with Crippen molar-refractivity contribution in [2.24, 2.45) is 0 Å². The van der Waals surface area contributed by atoms with E-state index in [0.29, 0.717) is 11.9 Å². The van der Waals surface area contributed by atoms with Gasteiger partial charge in [0.25, 0.3) is 6.01 Å². The standard InChI is InChI=1S/C12H13ClN2O/c1-8-3-4-10(5-9(8)2)14-12-15-11(6-13)7-16-12/h3-5,7H,6H2,1-2H3,(H,14,15). The summed E-state index contributed by atoms with van der Waals surface area (Å²) >= 11 is 5.64. The van der Waals surface area contributed by atoms with Crippen molar-refractivity contribution in [2.45, 2.75) is 19.7 Å². The van der Waals surface area contributed by atoms with Crippen LogP contribution >= 0.6 is 11.6 Å². The Morgan fingerprint density at radius 3 is 2.75 bits per heavy atom. The number of aromatic nitrogens is 1. The SMILES string of the molecule is Cc1ccc(Nc2nc(CCl)co2)cc1C. The first kappa shape index (κ1) is 11.0. The molecular formula is C12H13ClN2O. The molecule has 84 valence electrons. The minimum Gasteiger partial charge on any atom is -0.432 e. The average molecular weight is 237 g/mol. The molecule has 0 amide bonds. The zero-order valence-corrected chi connectivity index (χ0v) is 10.0. The van der Waals surface area contributed by atoms with E-state index in [-0.39, 0.29) is 0 Å². The summed E-state index contributed by atoms with van der Waals surface area (Å²) in [6.07, 6.45) is 1.55. The summed E-state index contributed by atoms with van der Waals surface area (Å²) in [7, 11) is 0. The van der Waals surface area contributed by atoms with Gasteiger partial charge in [0.15, 0.2) is 0 Å². The van der Waals surface area contributed by atoms with Gasteiger partial charge >= 0.3 is 0 Å². The highest BCUT2D eigenvalue weighted by molar-refractivity contribution is 6.16. The van der Waals surface area contributed by atoms with Gasteiger partial charge in [-0.15, -0.1) is 11.6 Å². The van der Waals surface area contributed by atoms with Gasteiger partial charge in [0, 0.05) is 5.69 Å². The number of hydrogen-bond donors (Lipinski definition) is 1. The van der Waals surface area contributed by atoms with Crippen LogP contribution in [0, 0.1) is 13.8 Å². The first-order chi connectivity index (χ1) is 7.69. The quantitative estimate of drug-likeness (QED) is 0.825. The molecule has 2 aromatic rings. The number of hydrogen-bond acceptors (Lipinski definition) is 3. The van der Waals surface area contributed by atoms with E-state index in [1.807, 2.05) is 6.07 Å². The van der Waals surface area contributed by atoms with Crippen molar-refractivity contribution in [3.8, 4) is 0 Å². The second kappa shape index (κ2) is 4.58. The lowest BCUT2D eigenvalue weighted by atomic mass is 10.1. The average Bonchev–Trinajstić information content (AvgIpc) is 2.71. The minimum absolute atomic E-state index is 0.359. The predicted octanol–water partition coefficient (Wildman–Crippen LogP) is 3.77. The molecule has 4 heteroatoms. The van der Waals surface area contributed by atoms with Crippen molar-refractivity contribution < 1.29 is 4.42 Å². The van der Waals surface area contributed by atoms with Crippen LogP contribution in [-0.4, -0.2) is 4.98 Å². The summed E-state index contributed by atoms with van der Waals surface area (Å²) < 4.78 is 5.22. The molecule has 0 bridgehead atoms. The zero-order valence-electron chi connectivity index (χ0n) is 9.25. The maximum atomic E-state index is 5.64. The Balaban J connectivity index is 2.17. The highest BCUT2D eigenvalue weighted by atomic mass is 35.5. The molecule has 0 unspecified atom stereocenters. The lowest BCUT2D eigenvalue weighted by Crippen LogP contribution is -1.92. The first-order valence-electron chi connectivity index (χ1n) is 5.03. The molecule has 0 saturated heterocycles. The molecule has 1 N–H and O–H groups in total. The summed E-state index contributed by atoms with van der Waals surface area (Å²) in [5.74, 6) is 0.359. The van der Waals surface area contributed by atoms with Crippen LogP contribution in [0.25, 0.3) is 0 Å². The molecule has 1 aromatic carbocycles. The molecular weight excluding hydrogens is 224 g/mol. The second-order valence-electron chi connectivity index (χ2n) is 3.70. The highest BCUT2D eigenvalue weighted by Crippen LogP contribution is 2.19. The molecule has 0 saturated carbocycles. The molecule has 2 rings (SSSR count). The van der Waals surface area contributed by atoms with Gasteiger partial charge in [-0.25, -0.2) is 0 Å². The topological polar surface area (TPSA) is 38.1 Å². The third-order valence-corrected chi connectivity index (χ3v) is 2.72. The predicted molar refractivity (Wildman–Crippen MR) is 65.3 cm³/mol. The van der Waals surface area contributed by atoms with Gasteiger partial charge in [-0.1, -0.05) is 6.07 Å². The lowest BCUT2D eigenvalue weighted by Gasteiger charge is -2.04. The summed E-state index contributed by atoms with van der Waals surface area (Å²) in [4.78, 5) is 4.17. The molecule has 0 radical (unpaired) electrons. The molecule has 0 fully saturated rings. The van der Waals surface area contributed by atoms with Crippen LogP contribution in [0.4, 0.5) is 11.7 Å². The number of oxazole rings is 1. The normalized spacial score (nSPS) is 10.4. The Morgan fingerprint density at radius 2 is 2.12 bits per heavy atom. The molecule has 0 aliphatic carbocycles. The van der Waals surface area contributed by atoms with E-state index in [1.165, 1.54) is 11.1 Å². The third kappa shape index (κ3) is 2.36. The summed E-state index contributed by atoms with van der Waals surface area (Å²) in [5, 5.41) is 3.09. The lowest BCUT2D eigenvalue weighted by molar-refractivity contribution is 0.576. The van der Waals surface area contributed by atoms with Crippen LogP contribution in [0.2, 0.25) is 0 Å². The first-order valence-corrected chi connectivity index (χ1v) is 5.57. The molecule has 1 aromatic heterocycles. The number of halogens is 1. The van der Waals surface area contributed by atoms with Crippen LogP contribution in [0.3, 0.4) is 0 Å². The number of aryl methyl sites for hydroxylation is 2. The van der Waals surface area contributed by atoms with Gasteiger partial charge in [-0.05, 0) is 37.1 Å². The zero-order chi connectivity index (χ0) is 11.5. The van der Waals surface area contributed by atoms with Crippen LogP contribution in [-0.2, 0) is 5.88 Å². The number of nitrogens with zero attached hydrogens (tertiary/aromatic N) is 1. The van der Waals surface area contributed by atoms with E-state index in [0.717, 1.165) is 11.4 Å². The van der Waals surface area contributed by atoms with Crippen LogP contribution < -0.4 is 5.32 Å². The molecule has 3 nitrogen and oxygen atoms in total. The summed E-state index contributed by atoms with van der Waals surface area (Å²) in [5.41, 5.74) is 4.19. The van der Waals surface area contributed by atoms with Gasteiger partial charge in [0.1, 0.15) is 6.26 Å². The minimum atomic E-state index is 0.359. The van der Waals surface area contributed by atoms with Crippen molar-refractivity contribution in [1.82, 2.24) is 4.98 Å². The smallest absolute Gasteiger partial charge is 0.299 e. The summed E-state index contributed by atoms with van der Waals surface area (Å²) in [6.45, 7) is 4.15. The number of rotatable bonds is 3. The fourth-order valence-corrected chi connectivity index (χ4v) is 1.49. The van der Waals surface area contributed by atoms with Crippen LogP contribution in [0.15, 0.2) is 28.9 Å². The van der Waals surface area contributed by atoms with Crippen molar-refractivity contribution in [1.29, 1.82) is 0 Å².